The smallest absolute Gasteiger partial charge is 0.132 e. The van der Waals surface area contributed by atoms with E-state index in [0.29, 0.717) is 32.1 Å². The second-order valence-corrected chi connectivity index (χ2v) is 5.00. The summed E-state index contributed by atoms with van der Waals surface area (Å²) in [4.78, 5) is 11.2. The molecule has 0 aromatic heterocycles. The summed E-state index contributed by atoms with van der Waals surface area (Å²) in [6, 6.07) is 6.48. The molecular weight excluding hydrogens is 243 g/mol. The predicted octanol–water partition coefficient (Wildman–Crippen LogP) is 3.29. The van der Waals surface area contributed by atoms with Gasteiger partial charge in [-0.2, -0.15) is 0 Å². The summed E-state index contributed by atoms with van der Waals surface area (Å²) in [6.07, 6.45) is 3.14. The lowest BCUT2D eigenvalue weighted by Crippen LogP contribution is -2.33. The molecule has 1 saturated carbocycles. The van der Waals surface area contributed by atoms with Gasteiger partial charge in [0.25, 0.3) is 0 Å². The monoisotopic (exact) mass is 264 g/mol. The van der Waals surface area contributed by atoms with Crippen LogP contribution in [0.15, 0.2) is 37.4 Å². The summed E-state index contributed by atoms with van der Waals surface area (Å²) >= 11 is 0. The van der Waals surface area contributed by atoms with Crippen LogP contribution in [0.3, 0.4) is 0 Å². The van der Waals surface area contributed by atoms with E-state index in [9.17, 15) is 14.3 Å². The lowest BCUT2D eigenvalue weighted by atomic mass is 9.70. The van der Waals surface area contributed by atoms with E-state index >= 15 is 0 Å². The van der Waals surface area contributed by atoms with Crippen molar-refractivity contribution >= 4 is 5.78 Å². The van der Waals surface area contributed by atoms with Gasteiger partial charge in [-0.1, -0.05) is 12.1 Å². The van der Waals surface area contributed by atoms with Crippen LogP contribution < -0.4 is 0 Å². The van der Waals surface area contributed by atoms with Gasteiger partial charge < -0.3 is 5.11 Å². The molecule has 0 amide bonds. The maximum absolute atomic E-state index is 13.1. The number of hydrogen-bond donors (Lipinski definition) is 1. The van der Waals surface area contributed by atoms with E-state index in [-0.39, 0.29) is 23.6 Å². The van der Waals surface area contributed by atoms with E-state index < -0.39 is 0 Å². The second kappa shape index (κ2) is 7.19. The van der Waals surface area contributed by atoms with Gasteiger partial charge in [-0.15, -0.1) is 13.2 Å². The van der Waals surface area contributed by atoms with Crippen molar-refractivity contribution in [1.29, 1.82) is 0 Å². The fourth-order valence-electron chi connectivity index (χ4n) is 2.53. The van der Waals surface area contributed by atoms with Crippen LogP contribution in [-0.4, -0.2) is 17.5 Å². The summed E-state index contributed by atoms with van der Waals surface area (Å²) in [7, 11) is 0. The highest BCUT2D eigenvalue weighted by Gasteiger charge is 2.34. The molecule has 0 heterocycles. The van der Waals surface area contributed by atoms with Gasteiger partial charge in [0.15, 0.2) is 0 Å². The lowest BCUT2D eigenvalue weighted by molar-refractivity contribution is -0.123. The van der Waals surface area contributed by atoms with Crippen LogP contribution >= 0.6 is 0 Å². The number of Topliss-reactive ketones (excluding diaryl/α,β-unsaturated/α-hetero) is 1. The van der Waals surface area contributed by atoms with Crippen molar-refractivity contribution in [3.8, 4) is 0 Å². The lowest BCUT2D eigenvalue weighted by Gasteiger charge is -2.35. The molecule has 3 heteroatoms. The van der Waals surface area contributed by atoms with Crippen LogP contribution in [0, 0.1) is 11.2 Å². The van der Waals surface area contributed by atoms with Crippen LogP contribution in [0.5, 0.6) is 0 Å². The zero-order chi connectivity index (χ0) is 14.3. The number of benzene rings is 1. The molecule has 0 unspecified atom stereocenters. The molecule has 2 rings (SSSR count). The topological polar surface area (TPSA) is 37.3 Å². The van der Waals surface area contributed by atoms with Crippen LogP contribution in [0.25, 0.3) is 0 Å². The van der Waals surface area contributed by atoms with E-state index in [0.717, 1.165) is 5.56 Å². The van der Waals surface area contributed by atoms with Crippen LogP contribution in [0.4, 0.5) is 4.39 Å². The third kappa shape index (κ3) is 4.28. The van der Waals surface area contributed by atoms with Crippen molar-refractivity contribution in [2.24, 2.45) is 5.41 Å². The molecule has 0 atom stereocenters. The first-order chi connectivity index (χ1) is 9.13. The average molecular weight is 264 g/mol. The molecule has 1 aromatic carbocycles. The Morgan fingerprint density at radius 3 is 2.42 bits per heavy atom. The van der Waals surface area contributed by atoms with Crippen LogP contribution in [0.2, 0.25) is 0 Å². The number of aliphatic hydroxyl groups excluding tert-OH is 1. The highest BCUT2D eigenvalue weighted by Crippen LogP contribution is 2.37. The number of halogens is 1. The number of aliphatic hydroxyl groups is 1. The zero-order valence-corrected chi connectivity index (χ0v) is 11.2. The summed E-state index contributed by atoms with van der Waals surface area (Å²) in [5, 5.41) is 9.55. The molecular formula is C16H21FO2. The minimum absolute atomic E-state index is 0.0663. The first-order valence-corrected chi connectivity index (χ1v) is 6.51. The molecule has 0 radical (unpaired) electrons. The van der Waals surface area contributed by atoms with Gasteiger partial charge in [0, 0.05) is 19.4 Å². The van der Waals surface area contributed by atoms with E-state index in [1.54, 1.807) is 6.07 Å². The van der Waals surface area contributed by atoms with E-state index in [1.165, 1.54) is 12.1 Å². The van der Waals surface area contributed by atoms with Crippen LogP contribution in [0.1, 0.15) is 31.2 Å². The Labute approximate surface area is 114 Å². The fourth-order valence-corrected chi connectivity index (χ4v) is 2.53. The van der Waals surface area contributed by atoms with Gasteiger partial charge in [-0.25, -0.2) is 4.39 Å². The minimum Gasteiger partial charge on any atom is -0.396 e. The molecule has 1 fully saturated rings. The standard InChI is InChI=1S/C14H17FO2.C2H4/c15-12-3-1-2-11(8-12)9-14(10-16)6-4-13(17)5-7-14;1-2/h1-3,8,16H,4-7,9-10H2;1-2H2. The van der Waals surface area contributed by atoms with Crippen molar-refractivity contribution < 1.29 is 14.3 Å². The normalized spacial score (nSPS) is 17.5. The maximum atomic E-state index is 13.1. The van der Waals surface area contributed by atoms with Crippen molar-refractivity contribution in [3.05, 3.63) is 48.8 Å². The van der Waals surface area contributed by atoms with Gasteiger partial charge in [0.05, 0.1) is 0 Å². The van der Waals surface area contributed by atoms with E-state index in [2.05, 4.69) is 13.2 Å². The Morgan fingerprint density at radius 2 is 1.89 bits per heavy atom. The van der Waals surface area contributed by atoms with Gasteiger partial charge in [0.1, 0.15) is 11.6 Å². The fraction of sp³-hybridized carbons (Fsp3) is 0.438. The third-order valence-electron chi connectivity index (χ3n) is 3.67. The number of hydrogen-bond acceptors (Lipinski definition) is 2. The number of rotatable bonds is 3. The summed E-state index contributed by atoms with van der Waals surface area (Å²) in [5.74, 6) is 0.0239. The third-order valence-corrected chi connectivity index (χ3v) is 3.67. The Kier molecular flexibility index (Phi) is 5.90. The Morgan fingerprint density at radius 1 is 1.26 bits per heavy atom. The predicted molar refractivity (Wildman–Crippen MR) is 74.4 cm³/mol. The molecule has 0 aliphatic heterocycles. The van der Waals surface area contributed by atoms with Crippen LogP contribution in [-0.2, 0) is 11.2 Å². The maximum Gasteiger partial charge on any atom is 0.132 e. The molecule has 0 spiro atoms. The second-order valence-electron chi connectivity index (χ2n) is 5.00. The molecule has 0 bridgehead atoms. The van der Waals surface area contributed by atoms with Gasteiger partial charge in [0.2, 0.25) is 0 Å². The summed E-state index contributed by atoms with van der Waals surface area (Å²) in [6.45, 7) is 6.07. The summed E-state index contributed by atoms with van der Waals surface area (Å²) in [5.41, 5.74) is 0.662. The van der Waals surface area contributed by atoms with Crippen molar-refractivity contribution in [2.75, 3.05) is 6.61 Å². The SMILES string of the molecule is C=C.O=C1CCC(CO)(Cc2cccc(F)c2)CC1. The Balaban J connectivity index is 0.000000861. The number of ketones is 1. The highest BCUT2D eigenvalue weighted by molar-refractivity contribution is 5.79. The van der Waals surface area contributed by atoms with E-state index in [1.807, 2.05) is 6.07 Å². The Bertz CT molecular complexity index is 419. The molecule has 0 saturated heterocycles. The molecule has 1 aliphatic carbocycles. The first-order valence-electron chi connectivity index (χ1n) is 6.51. The van der Waals surface area contributed by atoms with Crippen molar-refractivity contribution in [2.45, 2.75) is 32.1 Å². The molecule has 1 N–H and O–H groups in total. The quantitative estimate of drug-likeness (QED) is 0.851. The van der Waals surface area contributed by atoms with Gasteiger partial charge >= 0.3 is 0 Å². The van der Waals surface area contributed by atoms with Gasteiger partial charge in [-0.05, 0) is 42.4 Å². The largest absolute Gasteiger partial charge is 0.396 e. The molecule has 2 nitrogen and oxygen atoms in total. The molecule has 1 aromatic rings. The molecule has 19 heavy (non-hydrogen) atoms. The number of carbonyl (C=O) groups excluding carboxylic acids is 1. The van der Waals surface area contributed by atoms with Crippen molar-refractivity contribution in [1.82, 2.24) is 0 Å². The first kappa shape index (κ1) is 15.6. The summed E-state index contributed by atoms with van der Waals surface area (Å²) < 4.78 is 13.1. The number of carbonyl (C=O) groups is 1. The molecule has 104 valence electrons. The molecule has 1 aliphatic rings. The average Bonchev–Trinajstić information content (AvgIpc) is 2.44. The zero-order valence-electron chi connectivity index (χ0n) is 11.2. The van der Waals surface area contributed by atoms with E-state index in [4.69, 9.17) is 0 Å². The highest BCUT2D eigenvalue weighted by atomic mass is 19.1. The minimum atomic E-state index is -0.248. The Hall–Kier alpha value is -1.48. The van der Waals surface area contributed by atoms with Crippen molar-refractivity contribution in [3.63, 3.8) is 0 Å². The van der Waals surface area contributed by atoms with Gasteiger partial charge in [-0.3, -0.25) is 4.79 Å².